The van der Waals surface area contributed by atoms with Gasteiger partial charge in [-0.2, -0.15) is 0 Å². The quantitative estimate of drug-likeness (QED) is 0.278. The predicted octanol–water partition coefficient (Wildman–Crippen LogP) is -3.48. The molecule has 0 spiro atoms. The van der Waals surface area contributed by atoms with Crippen molar-refractivity contribution >= 4 is 5.78 Å². The van der Waals surface area contributed by atoms with Crippen molar-refractivity contribution < 1.29 is 30.1 Å². The molecule has 13 heavy (non-hydrogen) atoms. The minimum absolute atomic E-state index is 0.478. The summed E-state index contributed by atoms with van der Waals surface area (Å²) in [5, 5.41) is 35.1. The molecule has 0 amide bonds. The van der Waals surface area contributed by atoms with Crippen molar-refractivity contribution in [3.05, 3.63) is 0 Å². The first-order valence-corrected chi connectivity index (χ1v) is 3.55. The van der Waals surface area contributed by atoms with E-state index >= 15 is 0 Å². The zero-order valence-corrected chi connectivity index (χ0v) is 6.83. The van der Waals surface area contributed by atoms with E-state index < -0.39 is 37.3 Å². The number of Topliss-reactive ketones (excluding diaryl/α,β-unsaturated/α-hetero) is 1. The first kappa shape index (κ1) is 12.4. The van der Waals surface area contributed by atoms with Crippen molar-refractivity contribution in [3.63, 3.8) is 0 Å². The number of aliphatic hydroxyl groups is 4. The molecule has 6 N–H and O–H groups in total. The average Bonchev–Trinajstić information content (AvgIpc) is 2.14. The normalized spacial score (nSPS) is 17.9. The van der Waals surface area contributed by atoms with E-state index in [1.807, 2.05) is 0 Å². The van der Waals surface area contributed by atoms with E-state index in [4.69, 9.17) is 20.4 Å². The van der Waals surface area contributed by atoms with Crippen LogP contribution in [0.15, 0.2) is 0 Å². The summed E-state index contributed by atoms with van der Waals surface area (Å²) in [6, 6.07) is 0. The first-order chi connectivity index (χ1) is 6.04. The Morgan fingerprint density at radius 3 is 2.31 bits per heavy atom. The fourth-order valence-corrected chi connectivity index (χ4v) is 0.660. The van der Waals surface area contributed by atoms with Crippen LogP contribution in [0.4, 0.5) is 0 Å². The van der Waals surface area contributed by atoms with E-state index in [-0.39, 0.29) is 0 Å². The van der Waals surface area contributed by atoms with Crippen LogP contribution in [0.25, 0.3) is 0 Å². The summed E-state index contributed by atoms with van der Waals surface area (Å²) in [5.41, 5.74) is 0. The van der Waals surface area contributed by atoms with Crippen LogP contribution in [0.5, 0.6) is 0 Å². The topological polar surface area (TPSA) is 133 Å². The molecule has 7 heteroatoms. The van der Waals surface area contributed by atoms with E-state index in [2.05, 4.69) is 10.7 Å². The SMILES string of the molecule is NOCC(O)C(=O)[C@H](O)[C@H](O)CO. The lowest BCUT2D eigenvalue weighted by Crippen LogP contribution is -2.44. The molecule has 0 aliphatic rings. The maximum Gasteiger partial charge on any atom is 0.194 e. The Balaban J connectivity index is 4.08. The monoisotopic (exact) mass is 195 g/mol. The van der Waals surface area contributed by atoms with Crippen LogP contribution in [0.3, 0.4) is 0 Å². The molecule has 0 bridgehead atoms. The fourth-order valence-electron chi connectivity index (χ4n) is 0.660. The Kier molecular flexibility index (Phi) is 5.71. The standard InChI is InChI=1S/C6H13NO6/c7-13-2-4(10)6(12)5(11)3(9)1-8/h3-5,8-11H,1-2,7H2/t3-,4?,5-/m1/s1. The Bertz CT molecular complexity index is 163. The molecule has 0 fully saturated rings. The molecule has 0 aliphatic heterocycles. The van der Waals surface area contributed by atoms with E-state index in [1.54, 1.807) is 0 Å². The van der Waals surface area contributed by atoms with E-state index in [0.717, 1.165) is 0 Å². The summed E-state index contributed by atoms with van der Waals surface area (Å²) in [4.78, 5) is 14.9. The fraction of sp³-hybridized carbons (Fsp3) is 0.833. The number of nitrogens with two attached hydrogens (primary N) is 1. The third-order valence-electron chi connectivity index (χ3n) is 1.43. The third kappa shape index (κ3) is 3.77. The van der Waals surface area contributed by atoms with Gasteiger partial charge in [-0.25, -0.2) is 5.90 Å². The molecular weight excluding hydrogens is 182 g/mol. The lowest BCUT2D eigenvalue weighted by molar-refractivity contribution is -0.146. The van der Waals surface area contributed by atoms with Gasteiger partial charge in [-0.1, -0.05) is 0 Å². The molecule has 7 nitrogen and oxygen atoms in total. The van der Waals surface area contributed by atoms with Crippen molar-refractivity contribution in [2.45, 2.75) is 18.3 Å². The number of hydrogen-bond donors (Lipinski definition) is 5. The highest BCUT2D eigenvalue weighted by atomic mass is 16.6. The van der Waals surface area contributed by atoms with Gasteiger partial charge in [0.25, 0.3) is 0 Å². The molecule has 0 aromatic rings. The smallest absolute Gasteiger partial charge is 0.194 e. The Morgan fingerprint density at radius 1 is 1.38 bits per heavy atom. The predicted molar refractivity (Wildman–Crippen MR) is 40.3 cm³/mol. The summed E-state index contributed by atoms with van der Waals surface area (Å²) in [5.74, 6) is 3.52. The van der Waals surface area contributed by atoms with Gasteiger partial charge >= 0.3 is 0 Å². The van der Waals surface area contributed by atoms with Gasteiger partial charge in [-0.15, -0.1) is 0 Å². The second kappa shape index (κ2) is 5.97. The lowest BCUT2D eigenvalue weighted by atomic mass is 10.1. The van der Waals surface area contributed by atoms with Crippen LogP contribution in [0, 0.1) is 0 Å². The molecular formula is C6H13NO6. The minimum atomic E-state index is -1.84. The third-order valence-corrected chi connectivity index (χ3v) is 1.43. The number of aliphatic hydroxyl groups excluding tert-OH is 4. The van der Waals surface area contributed by atoms with Gasteiger partial charge in [0.05, 0.1) is 6.61 Å². The van der Waals surface area contributed by atoms with Crippen molar-refractivity contribution in [3.8, 4) is 0 Å². The Hall–Kier alpha value is -0.570. The van der Waals surface area contributed by atoms with Crippen LogP contribution in [0.1, 0.15) is 0 Å². The lowest BCUT2D eigenvalue weighted by Gasteiger charge is -2.16. The van der Waals surface area contributed by atoms with Gasteiger partial charge in [0, 0.05) is 0 Å². The van der Waals surface area contributed by atoms with Crippen LogP contribution in [-0.2, 0) is 9.63 Å². The summed E-state index contributed by atoms with van der Waals surface area (Å²) in [7, 11) is 0. The van der Waals surface area contributed by atoms with Gasteiger partial charge < -0.3 is 25.3 Å². The molecule has 3 atom stereocenters. The second-order valence-corrected chi connectivity index (χ2v) is 2.45. The molecule has 0 aromatic heterocycles. The highest BCUT2D eigenvalue weighted by Gasteiger charge is 2.28. The van der Waals surface area contributed by atoms with Crippen molar-refractivity contribution in [2.24, 2.45) is 5.90 Å². The molecule has 1 unspecified atom stereocenters. The highest BCUT2D eigenvalue weighted by molar-refractivity contribution is 5.87. The second-order valence-electron chi connectivity index (χ2n) is 2.45. The van der Waals surface area contributed by atoms with Crippen LogP contribution in [-0.4, -0.2) is 57.7 Å². The van der Waals surface area contributed by atoms with Crippen LogP contribution >= 0.6 is 0 Å². The average molecular weight is 195 g/mol. The van der Waals surface area contributed by atoms with E-state index in [1.165, 1.54) is 0 Å². The van der Waals surface area contributed by atoms with Crippen LogP contribution < -0.4 is 5.90 Å². The molecule has 0 saturated heterocycles. The number of carbonyl (C=O) groups excluding carboxylic acids is 1. The first-order valence-electron chi connectivity index (χ1n) is 3.55. The number of hydrogen-bond acceptors (Lipinski definition) is 7. The van der Waals surface area contributed by atoms with E-state index in [0.29, 0.717) is 0 Å². The maximum absolute atomic E-state index is 10.9. The summed E-state index contributed by atoms with van der Waals surface area (Å²) >= 11 is 0. The molecule has 0 aromatic carbocycles. The molecule has 0 radical (unpaired) electrons. The van der Waals surface area contributed by atoms with Gasteiger partial charge in [0.2, 0.25) is 0 Å². The summed E-state index contributed by atoms with van der Waals surface area (Å²) in [6.07, 6.45) is -5.06. The van der Waals surface area contributed by atoms with Crippen molar-refractivity contribution in [2.75, 3.05) is 13.2 Å². The summed E-state index contributed by atoms with van der Waals surface area (Å²) in [6.45, 7) is -1.25. The van der Waals surface area contributed by atoms with Gasteiger partial charge in [0.15, 0.2) is 5.78 Å². The summed E-state index contributed by atoms with van der Waals surface area (Å²) < 4.78 is 0. The molecule has 0 aliphatic carbocycles. The number of ketones is 1. The Morgan fingerprint density at radius 2 is 1.92 bits per heavy atom. The van der Waals surface area contributed by atoms with Gasteiger partial charge in [0.1, 0.15) is 24.9 Å². The van der Waals surface area contributed by atoms with Gasteiger partial charge in [-0.05, 0) is 0 Å². The highest BCUT2D eigenvalue weighted by Crippen LogP contribution is 1.99. The zero-order chi connectivity index (χ0) is 10.4. The molecule has 0 rings (SSSR count). The van der Waals surface area contributed by atoms with E-state index in [9.17, 15) is 4.79 Å². The van der Waals surface area contributed by atoms with Crippen molar-refractivity contribution in [1.82, 2.24) is 0 Å². The number of carbonyl (C=O) groups is 1. The maximum atomic E-state index is 10.9. The zero-order valence-electron chi connectivity index (χ0n) is 6.83. The van der Waals surface area contributed by atoms with Crippen LogP contribution in [0.2, 0.25) is 0 Å². The minimum Gasteiger partial charge on any atom is -0.394 e. The number of rotatable bonds is 6. The molecule has 0 saturated carbocycles. The molecule has 0 heterocycles. The largest absolute Gasteiger partial charge is 0.394 e. The van der Waals surface area contributed by atoms with Gasteiger partial charge in [-0.3, -0.25) is 4.79 Å². The molecule has 78 valence electrons. The van der Waals surface area contributed by atoms with Crippen molar-refractivity contribution in [1.29, 1.82) is 0 Å². The Labute approximate surface area is 74.3 Å².